The molecule has 9 heteroatoms. The van der Waals surface area contributed by atoms with Crippen LogP contribution in [0.3, 0.4) is 0 Å². The van der Waals surface area contributed by atoms with Gasteiger partial charge in [0.05, 0.1) is 18.8 Å². The number of guanidine groups is 1. The van der Waals surface area contributed by atoms with Crippen molar-refractivity contribution in [1.29, 1.82) is 0 Å². The van der Waals surface area contributed by atoms with Gasteiger partial charge in [-0.2, -0.15) is 24.9 Å². The number of benzene rings is 1. The number of rotatable bonds is 5. The average Bonchev–Trinajstić information content (AvgIpc) is 3.18. The van der Waals surface area contributed by atoms with E-state index in [2.05, 4.69) is 21.9 Å². The molecule has 2 unspecified atom stereocenters. The number of alkyl halides is 3. The molecule has 0 aromatic heterocycles. The number of nitrogens with one attached hydrogen (secondary N) is 2. The molecule has 3 rings (SSSR count). The Morgan fingerprint density at radius 1 is 1.28 bits per heavy atom. The molecule has 2 aliphatic rings. The quantitative estimate of drug-likeness (QED) is 0.553. The normalized spacial score (nSPS) is 23.3. The molecule has 1 heterocycles. The van der Waals surface area contributed by atoms with Gasteiger partial charge < -0.3 is 20.3 Å². The van der Waals surface area contributed by atoms with Crippen molar-refractivity contribution < 1.29 is 17.9 Å². The molecule has 0 spiro atoms. The molecule has 0 amide bonds. The number of thioether (sulfide) groups is 1. The van der Waals surface area contributed by atoms with E-state index in [9.17, 15) is 13.2 Å². The van der Waals surface area contributed by atoms with Crippen LogP contribution in [0.2, 0.25) is 0 Å². The Kier molecular flexibility index (Phi) is 7.56. The van der Waals surface area contributed by atoms with Gasteiger partial charge in [-0.1, -0.05) is 6.07 Å². The summed E-state index contributed by atoms with van der Waals surface area (Å²) < 4.78 is 46.4. The van der Waals surface area contributed by atoms with Crippen LogP contribution in [0.25, 0.3) is 0 Å². The molecule has 29 heavy (non-hydrogen) atoms. The van der Waals surface area contributed by atoms with Crippen molar-refractivity contribution in [2.75, 3.05) is 44.5 Å². The van der Waals surface area contributed by atoms with Gasteiger partial charge in [0.15, 0.2) is 5.96 Å². The number of anilines is 1. The van der Waals surface area contributed by atoms with Gasteiger partial charge in [-0.3, -0.25) is 4.99 Å². The summed E-state index contributed by atoms with van der Waals surface area (Å²) in [6.45, 7) is 2.33. The minimum Gasteiger partial charge on any atom is -0.378 e. The Labute approximate surface area is 174 Å². The first-order valence-corrected chi connectivity index (χ1v) is 11.2. The maximum absolute atomic E-state index is 13.7. The summed E-state index contributed by atoms with van der Waals surface area (Å²) in [4.78, 5) is 6.11. The molecule has 2 fully saturated rings. The van der Waals surface area contributed by atoms with Gasteiger partial charge in [-0.25, -0.2) is 0 Å². The number of halogens is 3. The van der Waals surface area contributed by atoms with Crippen molar-refractivity contribution in [2.45, 2.75) is 43.3 Å². The van der Waals surface area contributed by atoms with E-state index in [0.717, 1.165) is 19.3 Å². The molecular weight excluding hydrogens is 401 g/mol. The molecule has 1 aliphatic carbocycles. The molecule has 1 aliphatic heterocycles. The second-order valence-corrected chi connectivity index (χ2v) is 8.51. The number of ether oxygens (including phenoxy) is 1. The van der Waals surface area contributed by atoms with Gasteiger partial charge in [0, 0.05) is 43.7 Å². The van der Waals surface area contributed by atoms with Crippen LogP contribution >= 0.6 is 11.8 Å². The Balaban J connectivity index is 1.67. The van der Waals surface area contributed by atoms with Crippen LogP contribution in [0.4, 0.5) is 18.9 Å². The van der Waals surface area contributed by atoms with Crippen LogP contribution in [0, 0.1) is 0 Å². The third-order valence-corrected chi connectivity index (χ3v) is 6.60. The molecule has 0 bridgehead atoms. The maximum Gasteiger partial charge on any atom is 0.416 e. The van der Waals surface area contributed by atoms with Crippen molar-refractivity contribution in [2.24, 2.45) is 4.99 Å². The summed E-state index contributed by atoms with van der Waals surface area (Å²) in [5, 5.41) is 7.03. The Morgan fingerprint density at radius 3 is 2.66 bits per heavy atom. The molecule has 2 atom stereocenters. The minimum atomic E-state index is -4.41. The lowest BCUT2D eigenvalue weighted by molar-refractivity contribution is -0.138. The first-order chi connectivity index (χ1) is 13.9. The zero-order valence-electron chi connectivity index (χ0n) is 16.9. The lowest BCUT2D eigenvalue weighted by Gasteiger charge is -2.30. The fourth-order valence-corrected chi connectivity index (χ4v) is 4.65. The van der Waals surface area contributed by atoms with Crippen LogP contribution in [0.15, 0.2) is 23.2 Å². The summed E-state index contributed by atoms with van der Waals surface area (Å²) in [7, 11) is 1.64. The number of nitrogens with zero attached hydrogens (tertiary/aromatic N) is 2. The summed E-state index contributed by atoms with van der Waals surface area (Å²) in [6.07, 6.45) is 0.946. The van der Waals surface area contributed by atoms with E-state index in [1.165, 1.54) is 6.07 Å². The van der Waals surface area contributed by atoms with Gasteiger partial charge in [-0.05, 0) is 43.2 Å². The van der Waals surface area contributed by atoms with Crippen molar-refractivity contribution in [3.8, 4) is 0 Å². The zero-order valence-corrected chi connectivity index (χ0v) is 17.7. The first-order valence-electron chi connectivity index (χ1n) is 9.93. The van der Waals surface area contributed by atoms with Crippen molar-refractivity contribution in [1.82, 2.24) is 10.6 Å². The Morgan fingerprint density at radius 2 is 2.03 bits per heavy atom. The SMILES string of the molecule is CN=C(NCc1ccc(N2CCOCC2)cc1C(F)(F)F)NC1CCC(SC)C1. The summed E-state index contributed by atoms with van der Waals surface area (Å²) in [5.41, 5.74) is 0.194. The molecule has 1 saturated heterocycles. The number of morpholine rings is 1. The monoisotopic (exact) mass is 430 g/mol. The topological polar surface area (TPSA) is 48.9 Å². The van der Waals surface area contributed by atoms with E-state index in [1.54, 1.807) is 19.2 Å². The second kappa shape index (κ2) is 9.93. The Bertz CT molecular complexity index is 707. The fourth-order valence-electron chi connectivity index (χ4n) is 3.85. The molecule has 5 nitrogen and oxygen atoms in total. The first kappa shape index (κ1) is 22.1. The van der Waals surface area contributed by atoms with Gasteiger partial charge >= 0.3 is 6.18 Å². The van der Waals surface area contributed by atoms with Crippen LogP contribution in [0.1, 0.15) is 30.4 Å². The highest BCUT2D eigenvalue weighted by Crippen LogP contribution is 2.35. The third kappa shape index (κ3) is 5.94. The van der Waals surface area contributed by atoms with E-state index < -0.39 is 11.7 Å². The number of hydrogen-bond acceptors (Lipinski definition) is 4. The van der Waals surface area contributed by atoms with Crippen LogP contribution < -0.4 is 15.5 Å². The van der Waals surface area contributed by atoms with E-state index >= 15 is 0 Å². The van der Waals surface area contributed by atoms with Crippen molar-refractivity contribution in [3.05, 3.63) is 29.3 Å². The van der Waals surface area contributed by atoms with Crippen molar-refractivity contribution in [3.63, 3.8) is 0 Å². The molecule has 162 valence electrons. The number of hydrogen-bond donors (Lipinski definition) is 2. The number of aliphatic imine (C=N–C) groups is 1. The summed E-state index contributed by atoms with van der Waals surface area (Å²) in [5.74, 6) is 0.544. The largest absolute Gasteiger partial charge is 0.416 e. The van der Waals surface area contributed by atoms with E-state index in [1.807, 2.05) is 16.7 Å². The molecule has 1 saturated carbocycles. The van der Waals surface area contributed by atoms with E-state index in [4.69, 9.17) is 4.74 Å². The van der Waals surface area contributed by atoms with E-state index in [-0.39, 0.29) is 12.1 Å². The highest BCUT2D eigenvalue weighted by atomic mass is 32.2. The second-order valence-electron chi connectivity index (χ2n) is 7.38. The third-order valence-electron chi connectivity index (χ3n) is 5.50. The molecule has 2 N–H and O–H groups in total. The predicted octanol–water partition coefficient (Wildman–Crippen LogP) is 3.49. The Hall–Kier alpha value is -1.61. The smallest absolute Gasteiger partial charge is 0.378 e. The van der Waals surface area contributed by atoms with Crippen molar-refractivity contribution >= 4 is 23.4 Å². The lowest BCUT2D eigenvalue weighted by Crippen LogP contribution is -2.42. The van der Waals surface area contributed by atoms with Crippen LogP contribution in [-0.4, -0.2) is 56.9 Å². The maximum atomic E-state index is 13.7. The van der Waals surface area contributed by atoms with Gasteiger partial charge in [-0.15, -0.1) is 0 Å². The molecule has 0 radical (unpaired) electrons. The molecule has 1 aromatic carbocycles. The summed E-state index contributed by atoms with van der Waals surface area (Å²) in [6, 6.07) is 4.88. The molecule has 1 aromatic rings. The highest BCUT2D eigenvalue weighted by Gasteiger charge is 2.34. The minimum absolute atomic E-state index is 0.0661. The van der Waals surface area contributed by atoms with Gasteiger partial charge in [0.2, 0.25) is 0 Å². The molecular formula is C20H29F3N4OS. The van der Waals surface area contributed by atoms with E-state index in [0.29, 0.717) is 49.2 Å². The van der Waals surface area contributed by atoms with Gasteiger partial charge in [0.1, 0.15) is 0 Å². The van der Waals surface area contributed by atoms with Gasteiger partial charge in [0.25, 0.3) is 0 Å². The average molecular weight is 431 g/mol. The lowest BCUT2D eigenvalue weighted by atomic mass is 10.0. The zero-order chi connectivity index (χ0) is 20.9. The predicted molar refractivity (Wildman–Crippen MR) is 113 cm³/mol. The van der Waals surface area contributed by atoms with Crippen LogP contribution in [-0.2, 0) is 17.5 Å². The standard InChI is InChI=1S/C20H29F3N4OS/c1-24-19(26-15-4-6-17(11-15)29-2)25-13-14-3-5-16(12-18(14)20(21,22)23)27-7-9-28-10-8-27/h3,5,12,15,17H,4,6-11,13H2,1-2H3,(H2,24,25,26). The summed E-state index contributed by atoms with van der Waals surface area (Å²) >= 11 is 1.86. The van der Waals surface area contributed by atoms with Crippen LogP contribution in [0.5, 0.6) is 0 Å². The fraction of sp³-hybridized carbons (Fsp3) is 0.650. The highest BCUT2D eigenvalue weighted by molar-refractivity contribution is 7.99.